The molecule has 3 aromatic rings. The van der Waals surface area contributed by atoms with Crippen LogP contribution in [0.15, 0.2) is 65.9 Å². The molecule has 0 spiro atoms. The van der Waals surface area contributed by atoms with Crippen molar-refractivity contribution in [1.29, 1.82) is 0 Å². The van der Waals surface area contributed by atoms with Crippen LogP contribution in [-0.4, -0.2) is 25.2 Å². The van der Waals surface area contributed by atoms with Gasteiger partial charge in [0.1, 0.15) is 5.75 Å². The van der Waals surface area contributed by atoms with Gasteiger partial charge in [-0.15, -0.1) is 0 Å². The van der Waals surface area contributed by atoms with E-state index >= 15 is 0 Å². The summed E-state index contributed by atoms with van der Waals surface area (Å²) in [6, 6.07) is 13.7. The monoisotopic (exact) mass is 410 g/mol. The molecule has 3 N–H and O–H groups in total. The molecule has 0 fully saturated rings. The number of rotatable bonds is 8. The molecule has 0 amide bonds. The van der Waals surface area contributed by atoms with Crippen LogP contribution < -0.4 is 25.3 Å². The summed E-state index contributed by atoms with van der Waals surface area (Å²) < 4.78 is 30.3. The molecule has 1 heterocycles. The topological polar surface area (TPSA) is 91.0 Å². The minimum absolute atomic E-state index is 0.121. The smallest absolute Gasteiger partial charge is 0.189 e. The second-order valence-electron chi connectivity index (χ2n) is 6.30. The van der Waals surface area contributed by atoms with Crippen molar-refractivity contribution < 1.29 is 18.6 Å². The van der Waals surface area contributed by atoms with Crippen LogP contribution >= 0.6 is 0 Å². The molecule has 156 valence electrons. The van der Waals surface area contributed by atoms with Gasteiger partial charge < -0.3 is 25.3 Å². The summed E-state index contributed by atoms with van der Waals surface area (Å²) in [6.45, 7) is 0.691. The van der Waals surface area contributed by atoms with E-state index in [1.54, 1.807) is 44.7 Å². The fourth-order valence-corrected chi connectivity index (χ4v) is 2.68. The number of nitrogens with one attached hydrogen (secondary N) is 1. The fourth-order valence-electron chi connectivity index (χ4n) is 2.68. The molecule has 3 rings (SSSR count). The number of ether oxygens (including phenoxy) is 3. The van der Waals surface area contributed by atoms with Crippen molar-refractivity contribution in [2.24, 2.45) is 10.7 Å². The molecule has 0 bridgehead atoms. The Kier molecular flexibility index (Phi) is 7.05. The third-order valence-electron chi connectivity index (χ3n) is 4.21. The number of guanidine groups is 1. The minimum Gasteiger partial charge on any atom is -0.493 e. The number of hydrogen-bond acceptors (Lipinski definition) is 5. The van der Waals surface area contributed by atoms with E-state index in [1.807, 2.05) is 18.2 Å². The lowest BCUT2D eigenvalue weighted by molar-refractivity contribution is 0.354. The standard InChI is InChI=1S/C22H23FN4O3/c1-28-20-8-6-16(11-21(20)29-2)13-27-22(24)26-12-15-5-7-19(18(23)10-15)30-17-4-3-9-25-14-17/h3-11,14H,12-13H2,1-2H3,(H3,24,26,27). The van der Waals surface area contributed by atoms with Crippen molar-refractivity contribution in [3.63, 3.8) is 0 Å². The Morgan fingerprint density at radius 1 is 1.03 bits per heavy atom. The van der Waals surface area contributed by atoms with Gasteiger partial charge in [-0.2, -0.15) is 0 Å². The summed E-state index contributed by atoms with van der Waals surface area (Å²) >= 11 is 0. The van der Waals surface area contributed by atoms with Crippen LogP contribution in [0.2, 0.25) is 0 Å². The van der Waals surface area contributed by atoms with Crippen molar-refractivity contribution in [2.75, 3.05) is 14.2 Å². The quantitative estimate of drug-likeness (QED) is 0.435. The van der Waals surface area contributed by atoms with Gasteiger partial charge in [0.05, 0.1) is 27.0 Å². The van der Waals surface area contributed by atoms with Gasteiger partial charge in [-0.1, -0.05) is 12.1 Å². The van der Waals surface area contributed by atoms with Gasteiger partial charge in [-0.3, -0.25) is 4.98 Å². The number of nitrogens with two attached hydrogens (primary N) is 1. The van der Waals surface area contributed by atoms with E-state index < -0.39 is 5.82 Å². The molecule has 0 saturated carbocycles. The summed E-state index contributed by atoms with van der Waals surface area (Å²) in [6.07, 6.45) is 3.14. The number of aliphatic imine (C=N–C) groups is 1. The predicted octanol–water partition coefficient (Wildman–Crippen LogP) is 3.63. The summed E-state index contributed by atoms with van der Waals surface area (Å²) in [5.74, 6) is 1.64. The molecular formula is C22H23FN4O3. The maximum absolute atomic E-state index is 14.3. The molecular weight excluding hydrogens is 387 g/mol. The maximum atomic E-state index is 14.3. The SMILES string of the molecule is COc1ccc(CNC(N)=NCc2ccc(Oc3cccnc3)c(F)c2)cc1OC. The van der Waals surface area contributed by atoms with E-state index in [0.717, 1.165) is 5.56 Å². The fraction of sp³-hybridized carbons (Fsp3) is 0.182. The second-order valence-corrected chi connectivity index (χ2v) is 6.30. The van der Waals surface area contributed by atoms with Crippen LogP contribution in [0.4, 0.5) is 4.39 Å². The summed E-state index contributed by atoms with van der Waals surface area (Å²) in [4.78, 5) is 8.19. The lowest BCUT2D eigenvalue weighted by Gasteiger charge is -2.11. The summed E-state index contributed by atoms with van der Waals surface area (Å²) in [5.41, 5.74) is 7.54. The Labute approximate surface area is 174 Å². The molecule has 0 unspecified atom stereocenters. The molecule has 7 nitrogen and oxygen atoms in total. The lowest BCUT2D eigenvalue weighted by atomic mass is 10.2. The Bertz CT molecular complexity index is 1010. The third kappa shape index (κ3) is 5.60. The van der Waals surface area contributed by atoms with Gasteiger partial charge in [0.15, 0.2) is 29.0 Å². The second kappa shape index (κ2) is 10.1. The van der Waals surface area contributed by atoms with Gasteiger partial charge in [0.2, 0.25) is 0 Å². The van der Waals surface area contributed by atoms with Crippen LogP contribution in [0, 0.1) is 5.82 Å². The Balaban J connectivity index is 1.56. The Hall–Kier alpha value is -3.81. The first-order valence-corrected chi connectivity index (χ1v) is 9.20. The minimum atomic E-state index is -0.483. The number of nitrogens with zero attached hydrogens (tertiary/aromatic N) is 2. The average Bonchev–Trinajstić information content (AvgIpc) is 2.78. The largest absolute Gasteiger partial charge is 0.493 e. The Morgan fingerprint density at radius 3 is 2.50 bits per heavy atom. The zero-order chi connectivity index (χ0) is 21.3. The van der Waals surface area contributed by atoms with Crippen LogP contribution in [0.1, 0.15) is 11.1 Å². The molecule has 0 saturated heterocycles. The van der Waals surface area contributed by atoms with Crippen LogP contribution in [-0.2, 0) is 13.1 Å². The zero-order valence-electron chi connectivity index (χ0n) is 16.8. The van der Waals surface area contributed by atoms with Crippen LogP contribution in [0.5, 0.6) is 23.0 Å². The van der Waals surface area contributed by atoms with E-state index in [2.05, 4.69) is 15.3 Å². The highest BCUT2D eigenvalue weighted by Crippen LogP contribution is 2.27. The van der Waals surface area contributed by atoms with Gasteiger partial charge in [-0.05, 0) is 47.5 Å². The number of benzene rings is 2. The van der Waals surface area contributed by atoms with E-state index in [1.165, 1.54) is 12.3 Å². The molecule has 0 aliphatic carbocycles. The first-order valence-electron chi connectivity index (χ1n) is 9.20. The molecule has 0 atom stereocenters. The van der Waals surface area contributed by atoms with Gasteiger partial charge in [0, 0.05) is 12.7 Å². The van der Waals surface area contributed by atoms with E-state index in [-0.39, 0.29) is 18.3 Å². The highest BCUT2D eigenvalue weighted by atomic mass is 19.1. The third-order valence-corrected chi connectivity index (χ3v) is 4.21. The van der Waals surface area contributed by atoms with Crippen LogP contribution in [0.3, 0.4) is 0 Å². The predicted molar refractivity (Wildman–Crippen MR) is 112 cm³/mol. The molecule has 2 aromatic carbocycles. The van der Waals surface area contributed by atoms with Gasteiger partial charge >= 0.3 is 0 Å². The normalized spacial score (nSPS) is 11.1. The van der Waals surface area contributed by atoms with Crippen molar-refractivity contribution in [2.45, 2.75) is 13.1 Å². The highest BCUT2D eigenvalue weighted by molar-refractivity contribution is 5.77. The number of aromatic nitrogens is 1. The average molecular weight is 410 g/mol. The Morgan fingerprint density at radius 2 is 1.80 bits per heavy atom. The van der Waals surface area contributed by atoms with Crippen molar-refractivity contribution in [1.82, 2.24) is 10.3 Å². The van der Waals surface area contributed by atoms with Crippen molar-refractivity contribution in [3.8, 4) is 23.0 Å². The van der Waals surface area contributed by atoms with E-state index in [9.17, 15) is 4.39 Å². The van der Waals surface area contributed by atoms with Crippen LogP contribution in [0.25, 0.3) is 0 Å². The molecule has 0 aliphatic heterocycles. The van der Waals surface area contributed by atoms with Crippen molar-refractivity contribution >= 4 is 5.96 Å². The van der Waals surface area contributed by atoms with Gasteiger partial charge in [0.25, 0.3) is 0 Å². The number of methoxy groups -OCH3 is 2. The highest BCUT2D eigenvalue weighted by Gasteiger charge is 2.07. The molecule has 30 heavy (non-hydrogen) atoms. The number of hydrogen-bond donors (Lipinski definition) is 2. The summed E-state index contributed by atoms with van der Waals surface area (Å²) in [5, 5.41) is 3.02. The van der Waals surface area contributed by atoms with Gasteiger partial charge in [-0.25, -0.2) is 9.38 Å². The lowest BCUT2D eigenvalue weighted by Crippen LogP contribution is -2.31. The first-order chi connectivity index (χ1) is 14.6. The van der Waals surface area contributed by atoms with E-state index in [4.69, 9.17) is 19.9 Å². The molecule has 1 aromatic heterocycles. The zero-order valence-corrected chi connectivity index (χ0v) is 16.8. The molecule has 8 heteroatoms. The molecule has 0 radical (unpaired) electrons. The maximum Gasteiger partial charge on any atom is 0.189 e. The number of pyridine rings is 1. The number of halogens is 1. The first kappa shape index (κ1) is 20.9. The molecule has 0 aliphatic rings. The summed E-state index contributed by atoms with van der Waals surface area (Å²) in [7, 11) is 3.16. The van der Waals surface area contributed by atoms with Crippen molar-refractivity contribution in [3.05, 3.63) is 77.9 Å². The van der Waals surface area contributed by atoms with E-state index in [0.29, 0.717) is 29.4 Å².